The van der Waals surface area contributed by atoms with Gasteiger partial charge < -0.3 is 16.0 Å². The summed E-state index contributed by atoms with van der Waals surface area (Å²) < 4.78 is 0. The number of carbonyl (C=O) groups is 1. The minimum Gasteiger partial charge on any atom is -0.366 e. The highest BCUT2D eigenvalue weighted by Gasteiger charge is 2.21. The Bertz CT molecular complexity index is 900. The van der Waals surface area contributed by atoms with E-state index < -0.39 is 5.91 Å². The molecule has 1 amide bonds. The average Bonchev–Trinajstić information content (AvgIpc) is 2.73. The minimum absolute atomic E-state index is 0.418. The summed E-state index contributed by atoms with van der Waals surface area (Å²) in [7, 11) is 0. The van der Waals surface area contributed by atoms with E-state index in [1.165, 1.54) is 32.5 Å². The van der Waals surface area contributed by atoms with Gasteiger partial charge in [0.05, 0.1) is 5.56 Å². The lowest BCUT2D eigenvalue weighted by Crippen LogP contribution is -2.40. The van der Waals surface area contributed by atoms with E-state index in [-0.39, 0.29) is 0 Å². The second-order valence-electron chi connectivity index (χ2n) is 8.02. The van der Waals surface area contributed by atoms with Crippen molar-refractivity contribution in [1.29, 1.82) is 0 Å². The van der Waals surface area contributed by atoms with Crippen molar-refractivity contribution < 1.29 is 4.79 Å². The van der Waals surface area contributed by atoms with Crippen molar-refractivity contribution in [2.24, 2.45) is 17.6 Å². The number of nitrogens with two attached hydrogens (primary N) is 1. The molecule has 1 aromatic carbocycles. The number of aromatic nitrogens is 1. The van der Waals surface area contributed by atoms with E-state index in [0.717, 1.165) is 48.2 Å². The zero-order chi connectivity index (χ0) is 19.3. The van der Waals surface area contributed by atoms with E-state index in [9.17, 15) is 4.79 Å². The van der Waals surface area contributed by atoms with E-state index in [4.69, 9.17) is 5.73 Å². The molecule has 1 aromatic heterocycles. The molecule has 0 aliphatic carbocycles. The number of benzene rings is 1. The van der Waals surface area contributed by atoms with Crippen LogP contribution in [0.2, 0.25) is 0 Å². The van der Waals surface area contributed by atoms with E-state index in [2.05, 4.69) is 27.0 Å². The predicted octanol–water partition coefficient (Wildman–Crippen LogP) is 2.40. The lowest BCUT2D eigenvalue weighted by Gasteiger charge is -2.34. The summed E-state index contributed by atoms with van der Waals surface area (Å²) in [5.74, 6) is 7.65. The first-order valence-electron chi connectivity index (χ1n) is 10.3. The molecule has 2 saturated heterocycles. The number of hydrogen-bond acceptors (Lipinski definition) is 4. The Morgan fingerprint density at radius 2 is 1.96 bits per heavy atom. The first kappa shape index (κ1) is 18.9. The van der Waals surface area contributed by atoms with Crippen molar-refractivity contribution in [3.8, 4) is 11.8 Å². The molecule has 0 saturated carbocycles. The molecule has 0 spiro atoms. The molecule has 0 radical (unpaired) electrons. The van der Waals surface area contributed by atoms with Crippen LogP contribution in [-0.2, 0) is 0 Å². The number of primary amides is 1. The highest BCUT2D eigenvalue weighted by Crippen LogP contribution is 2.22. The third kappa shape index (κ3) is 4.52. The van der Waals surface area contributed by atoms with Gasteiger partial charge in [0.2, 0.25) is 5.91 Å². The van der Waals surface area contributed by atoms with Gasteiger partial charge in [-0.1, -0.05) is 17.9 Å². The van der Waals surface area contributed by atoms with Gasteiger partial charge in [-0.15, -0.1) is 0 Å². The molecule has 2 aliphatic heterocycles. The summed E-state index contributed by atoms with van der Waals surface area (Å²) in [6.45, 7) is 5.86. The van der Waals surface area contributed by atoms with Crippen LogP contribution in [0.5, 0.6) is 0 Å². The van der Waals surface area contributed by atoms with E-state index in [0.29, 0.717) is 11.5 Å². The Kier molecular flexibility index (Phi) is 5.90. The van der Waals surface area contributed by atoms with Gasteiger partial charge in [-0.3, -0.25) is 9.78 Å². The maximum absolute atomic E-state index is 11.5. The molecule has 2 aliphatic rings. The van der Waals surface area contributed by atoms with Crippen LogP contribution < -0.4 is 11.1 Å². The molecule has 2 fully saturated rings. The Morgan fingerprint density at radius 3 is 2.71 bits per heavy atom. The van der Waals surface area contributed by atoms with Gasteiger partial charge in [0.1, 0.15) is 0 Å². The summed E-state index contributed by atoms with van der Waals surface area (Å²) in [5.41, 5.74) is 6.81. The first-order valence-corrected chi connectivity index (χ1v) is 10.3. The highest BCUT2D eigenvalue weighted by atomic mass is 16.1. The van der Waals surface area contributed by atoms with Gasteiger partial charge in [-0.2, -0.15) is 0 Å². The molecule has 0 atom stereocenters. The number of nitrogens with zero attached hydrogens (tertiary/aromatic N) is 2. The van der Waals surface area contributed by atoms with Crippen LogP contribution in [0.1, 0.15) is 41.6 Å². The second kappa shape index (κ2) is 8.72. The number of pyridine rings is 1. The topological polar surface area (TPSA) is 71.2 Å². The Balaban J connectivity index is 1.41. The molecular formula is C23H28N4O. The average molecular weight is 377 g/mol. The number of amides is 1. The van der Waals surface area contributed by atoms with Gasteiger partial charge in [0.15, 0.2) is 0 Å². The molecule has 0 unspecified atom stereocenters. The van der Waals surface area contributed by atoms with Crippen molar-refractivity contribution in [3.05, 3.63) is 41.7 Å². The molecule has 2 aromatic rings. The molecule has 3 heterocycles. The number of fused-ring (bicyclic) bond motifs is 1. The fourth-order valence-corrected chi connectivity index (χ4v) is 4.29. The first-order chi connectivity index (χ1) is 13.7. The van der Waals surface area contributed by atoms with Crippen molar-refractivity contribution in [2.75, 3.05) is 32.7 Å². The maximum atomic E-state index is 11.5. The maximum Gasteiger partial charge on any atom is 0.248 e. The number of rotatable bonds is 3. The quantitative estimate of drug-likeness (QED) is 0.807. The number of nitrogens with one attached hydrogen (secondary N) is 1. The molecule has 5 nitrogen and oxygen atoms in total. The SMILES string of the molecule is NC(=O)c1ccc2cncc(C#CC3CCN(CC4CCNCC4)CC3)c2c1. The van der Waals surface area contributed by atoms with Crippen molar-refractivity contribution in [3.63, 3.8) is 0 Å². The molecular weight excluding hydrogens is 348 g/mol. The minimum atomic E-state index is -0.418. The Morgan fingerprint density at radius 1 is 1.18 bits per heavy atom. The summed E-state index contributed by atoms with van der Waals surface area (Å²) >= 11 is 0. The van der Waals surface area contributed by atoms with Crippen molar-refractivity contribution >= 4 is 16.7 Å². The van der Waals surface area contributed by atoms with Crippen LogP contribution in [0.3, 0.4) is 0 Å². The molecule has 4 rings (SSSR count). The lowest BCUT2D eigenvalue weighted by atomic mass is 9.93. The zero-order valence-corrected chi connectivity index (χ0v) is 16.3. The van der Waals surface area contributed by atoms with E-state index >= 15 is 0 Å². The fraction of sp³-hybridized carbons (Fsp3) is 0.478. The van der Waals surface area contributed by atoms with Gasteiger partial charge >= 0.3 is 0 Å². The molecule has 3 N–H and O–H groups in total. The van der Waals surface area contributed by atoms with Crippen LogP contribution in [0, 0.1) is 23.7 Å². The standard InChI is InChI=1S/C23H28N4O/c24-23(28)19-3-4-21-15-26-14-20(22(21)13-19)2-1-17-7-11-27(12-8-17)16-18-5-9-25-10-6-18/h3-4,13-15,17-18,25H,5-12,16H2,(H2,24,28). The largest absolute Gasteiger partial charge is 0.366 e. The van der Waals surface area contributed by atoms with E-state index in [1.807, 2.05) is 12.1 Å². The van der Waals surface area contributed by atoms with Crippen molar-refractivity contribution in [2.45, 2.75) is 25.7 Å². The van der Waals surface area contributed by atoms with Gasteiger partial charge in [0.25, 0.3) is 0 Å². The summed E-state index contributed by atoms with van der Waals surface area (Å²) in [4.78, 5) is 18.4. The zero-order valence-electron chi connectivity index (χ0n) is 16.3. The van der Waals surface area contributed by atoms with Gasteiger partial charge in [-0.25, -0.2) is 0 Å². The van der Waals surface area contributed by atoms with Crippen LogP contribution in [0.4, 0.5) is 0 Å². The normalized spacial score (nSPS) is 19.3. The van der Waals surface area contributed by atoms with Crippen LogP contribution in [-0.4, -0.2) is 48.5 Å². The predicted molar refractivity (Wildman–Crippen MR) is 112 cm³/mol. The Labute approximate surface area is 166 Å². The number of likely N-dealkylation sites (tertiary alicyclic amines) is 1. The van der Waals surface area contributed by atoms with Crippen LogP contribution >= 0.6 is 0 Å². The third-order valence-electron chi connectivity index (χ3n) is 6.02. The van der Waals surface area contributed by atoms with E-state index in [1.54, 1.807) is 18.5 Å². The second-order valence-corrected chi connectivity index (χ2v) is 8.02. The number of hydrogen-bond donors (Lipinski definition) is 2. The van der Waals surface area contributed by atoms with Crippen LogP contribution in [0.15, 0.2) is 30.6 Å². The third-order valence-corrected chi connectivity index (χ3v) is 6.02. The fourth-order valence-electron chi connectivity index (χ4n) is 4.29. The monoisotopic (exact) mass is 376 g/mol. The summed E-state index contributed by atoms with van der Waals surface area (Å²) in [6, 6.07) is 5.44. The smallest absolute Gasteiger partial charge is 0.248 e. The van der Waals surface area contributed by atoms with Gasteiger partial charge in [-0.05, 0) is 69.9 Å². The summed E-state index contributed by atoms with van der Waals surface area (Å²) in [6.07, 6.45) is 8.45. The van der Waals surface area contributed by atoms with Crippen molar-refractivity contribution in [1.82, 2.24) is 15.2 Å². The molecule has 146 valence electrons. The number of piperidine rings is 2. The molecule has 28 heavy (non-hydrogen) atoms. The molecule has 5 heteroatoms. The lowest BCUT2D eigenvalue weighted by molar-refractivity contribution is 0.100. The van der Waals surface area contributed by atoms with Gasteiger partial charge in [0, 0.05) is 41.2 Å². The Hall–Kier alpha value is -2.42. The molecule has 0 bridgehead atoms. The number of carbonyl (C=O) groups excluding carboxylic acids is 1. The summed E-state index contributed by atoms with van der Waals surface area (Å²) in [5, 5.41) is 5.37. The highest BCUT2D eigenvalue weighted by molar-refractivity contribution is 5.98. The van der Waals surface area contributed by atoms with Crippen LogP contribution in [0.25, 0.3) is 10.8 Å².